The van der Waals surface area contributed by atoms with Crippen LogP contribution in [0.1, 0.15) is 69.9 Å². The van der Waals surface area contributed by atoms with Gasteiger partial charge >= 0.3 is 0 Å². The molecule has 1 amide bonds. The van der Waals surface area contributed by atoms with Gasteiger partial charge in [-0.1, -0.05) is 44.9 Å². The molecule has 46 heavy (non-hydrogen) atoms. The summed E-state index contributed by atoms with van der Waals surface area (Å²) in [4.78, 5) is 13.7. The van der Waals surface area contributed by atoms with E-state index in [1.165, 1.54) is 34.6 Å². The summed E-state index contributed by atoms with van der Waals surface area (Å²) in [6, 6.07) is 7.64. The van der Waals surface area contributed by atoms with Crippen LogP contribution in [-0.2, 0) is 15.0 Å². The SMILES string of the molecule is C/C=C(NC(=O)[C@@H](C)[C@@H](c1ccc(F)cc1)c1cc(F)cc(F)c1)\C(CC[C@H]1CNCCN1S(=O)(=O)NCCCCC)=C(\F)C=N. The first kappa shape index (κ1) is 37.1. The highest BCUT2D eigenvalue weighted by atomic mass is 32.2. The van der Waals surface area contributed by atoms with E-state index in [4.69, 9.17) is 5.41 Å². The van der Waals surface area contributed by atoms with E-state index >= 15 is 4.39 Å². The molecule has 0 aromatic heterocycles. The molecule has 8 nitrogen and oxygen atoms in total. The summed E-state index contributed by atoms with van der Waals surface area (Å²) in [5, 5.41) is 13.5. The normalized spacial score (nSPS) is 18.1. The summed E-state index contributed by atoms with van der Waals surface area (Å²) in [7, 11) is -3.79. The van der Waals surface area contributed by atoms with Gasteiger partial charge in [0.2, 0.25) is 5.91 Å². The molecule has 1 heterocycles. The Labute approximate surface area is 269 Å². The Hall–Kier alpha value is -3.39. The number of carbonyl (C=O) groups is 1. The van der Waals surface area contributed by atoms with Crippen LogP contribution in [0, 0.1) is 28.8 Å². The Morgan fingerprint density at radius 3 is 2.37 bits per heavy atom. The summed E-state index contributed by atoms with van der Waals surface area (Å²) in [5.74, 6) is -5.57. The van der Waals surface area contributed by atoms with Gasteiger partial charge in [-0.05, 0) is 61.6 Å². The third kappa shape index (κ3) is 10.1. The minimum atomic E-state index is -3.79. The number of nitrogens with one attached hydrogen (secondary N) is 4. The molecule has 1 aliphatic rings. The standard InChI is InChI=1S/C33H43F4N5O3S/c1-4-6-7-14-40-46(44,45)42-16-15-39-21-28(42)12-13-29(30(37)20-38)31(5-2)41-33(43)22(3)32(23-8-10-25(34)11-9-23)24-17-26(35)19-27(36)18-24/h5,8-11,17-20,22,28,32,38-40H,4,6-7,12-16,21H2,1-3H3,(H,41,43)/b30-29+,31-5+,38-20?/t22-,28-,32-/m0/s1. The van der Waals surface area contributed by atoms with Crippen molar-refractivity contribution in [3.63, 3.8) is 0 Å². The Morgan fingerprint density at radius 2 is 1.76 bits per heavy atom. The topological polar surface area (TPSA) is 114 Å². The molecular formula is C33H43F4N5O3S. The van der Waals surface area contributed by atoms with Crippen LogP contribution >= 0.6 is 0 Å². The van der Waals surface area contributed by atoms with E-state index in [-0.39, 0.29) is 36.2 Å². The maximum atomic E-state index is 15.2. The molecule has 3 rings (SSSR count). The minimum absolute atomic E-state index is 0.000245. The summed E-state index contributed by atoms with van der Waals surface area (Å²) >= 11 is 0. The van der Waals surface area contributed by atoms with E-state index in [0.717, 1.165) is 25.0 Å². The Kier molecular flexibility index (Phi) is 14.1. The van der Waals surface area contributed by atoms with Gasteiger partial charge in [0.05, 0.1) is 6.21 Å². The number of carbonyl (C=O) groups excluding carboxylic acids is 1. The highest BCUT2D eigenvalue weighted by molar-refractivity contribution is 7.87. The van der Waals surface area contributed by atoms with E-state index in [1.807, 2.05) is 6.92 Å². The Bertz CT molecular complexity index is 1500. The molecule has 13 heteroatoms. The average Bonchev–Trinajstić information content (AvgIpc) is 3.03. The molecule has 1 saturated heterocycles. The summed E-state index contributed by atoms with van der Waals surface area (Å²) in [5.41, 5.74) is 0.681. The van der Waals surface area contributed by atoms with Gasteiger partial charge in [0.1, 0.15) is 23.3 Å². The van der Waals surface area contributed by atoms with Gasteiger partial charge < -0.3 is 16.0 Å². The maximum Gasteiger partial charge on any atom is 0.279 e. The van der Waals surface area contributed by atoms with E-state index in [0.29, 0.717) is 43.9 Å². The fourth-order valence-electron chi connectivity index (χ4n) is 5.66. The van der Waals surface area contributed by atoms with Crippen molar-refractivity contribution < 1.29 is 30.8 Å². The lowest BCUT2D eigenvalue weighted by Crippen LogP contribution is -2.56. The van der Waals surface area contributed by atoms with Crippen LogP contribution in [0.15, 0.2) is 65.6 Å². The highest BCUT2D eigenvalue weighted by Gasteiger charge is 2.33. The van der Waals surface area contributed by atoms with Gasteiger partial charge in [-0.15, -0.1) is 0 Å². The Balaban J connectivity index is 1.83. The molecule has 0 spiro atoms. The van der Waals surface area contributed by atoms with E-state index in [2.05, 4.69) is 15.4 Å². The van der Waals surface area contributed by atoms with Crippen molar-refractivity contribution in [3.8, 4) is 0 Å². The van der Waals surface area contributed by atoms with Crippen LogP contribution in [0.5, 0.6) is 0 Å². The first-order valence-corrected chi connectivity index (χ1v) is 16.9. The first-order valence-electron chi connectivity index (χ1n) is 15.5. The summed E-state index contributed by atoms with van der Waals surface area (Å²) in [6.45, 7) is 6.49. The van der Waals surface area contributed by atoms with Gasteiger partial charge in [0.25, 0.3) is 10.2 Å². The van der Waals surface area contributed by atoms with Crippen LogP contribution in [0.3, 0.4) is 0 Å². The van der Waals surface area contributed by atoms with Gasteiger partial charge in [-0.3, -0.25) is 4.79 Å². The molecule has 1 fully saturated rings. The van der Waals surface area contributed by atoms with Crippen LogP contribution < -0.4 is 15.4 Å². The molecule has 2 aromatic carbocycles. The van der Waals surface area contributed by atoms with Crippen molar-refractivity contribution >= 4 is 22.3 Å². The molecule has 2 aromatic rings. The zero-order valence-corrected chi connectivity index (χ0v) is 27.2. The fraction of sp³-hybridized carbons (Fsp3) is 0.455. The zero-order valence-electron chi connectivity index (χ0n) is 26.4. The number of benzene rings is 2. The average molecular weight is 666 g/mol. The number of piperazine rings is 1. The third-order valence-corrected chi connectivity index (χ3v) is 9.74. The van der Waals surface area contributed by atoms with Gasteiger partial charge in [-0.2, -0.15) is 12.7 Å². The molecule has 0 aliphatic carbocycles. The number of hydrogen-bond donors (Lipinski definition) is 4. The lowest BCUT2D eigenvalue weighted by Gasteiger charge is -2.35. The molecule has 0 bridgehead atoms. The number of allylic oxidation sites excluding steroid dienone is 3. The quantitative estimate of drug-likeness (QED) is 0.0781. The van der Waals surface area contributed by atoms with Crippen LogP contribution in [0.25, 0.3) is 0 Å². The Morgan fingerprint density at radius 1 is 1.09 bits per heavy atom. The lowest BCUT2D eigenvalue weighted by atomic mass is 9.81. The predicted molar refractivity (Wildman–Crippen MR) is 172 cm³/mol. The second-order valence-electron chi connectivity index (χ2n) is 11.3. The largest absolute Gasteiger partial charge is 0.326 e. The lowest BCUT2D eigenvalue weighted by molar-refractivity contribution is -0.124. The summed E-state index contributed by atoms with van der Waals surface area (Å²) < 4.78 is 87.6. The molecule has 4 N–H and O–H groups in total. The van der Waals surface area contributed by atoms with E-state index in [1.54, 1.807) is 13.8 Å². The predicted octanol–water partition coefficient (Wildman–Crippen LogP) is 5.84. The second kappa shape index (κ2) is 17.5. The molecule has 0 saturated carbocycles. The number of nitrogens with zero attached hydrogens (tertiary/aromatic N) is 1. The fourth-order valence-corrected chi connectivity index (χ4v) is 7.13. The number of unbranched alkanes of at least 4 members (excludes halogenated alkanes) is 2. The minimum Gasteiger partial charge on any atom is -0.326 e. The zero-order chi connectivity index (χ0) is 33.9. The molecule has 252 valence electrons. The monoisotopic (exact) mass is 665 g/mol. The van der Waals surface area contributed by atoms with Crippen LogP contribution in [-0.4, -0.2) is 57.1 Å². The van der Waals surface area contributed by atoms with Crippen LogP contribution in [0.4, 0.5) is 17.6 Å². The smallest absolute Gasteiger partial charge is 0.279 e. The maximum absolute atomic E-state index is 15.2. The second-order valence-corrected chi connectivity index (χ2v) is 13.0. The molecule has 1 aliphatic heterocycles. The van der Waals surface area contributed by atoms with Crippen molar-refractivity contribution in [2.45, 2.75) is 64.8 Å². The number of halogens is 4. The van der Waals surface area contributed by atoms with Gasteiger partial charge in [-0.25, -0.2) is 22.3 Å². The van der Waals surface area contributed by atoms with Crippen molar-refractivity contribution in [1.82, 2.24) is 19.7 Å². The summed E-state index contributed by atoms with van der Waals surface area (Å²) in [6.07, 6.45) is 4.75. The number of rotatable bonds is 16. The van der Waals surface area contributed by atoms with Gasteiger partial charge in [0.15, 0.2) is 0 Å². The van der Waals surface area contributed by atoms with Crippen molar-refractivity contribution in [3.05, 3.63) is 94.2 Å². The highest BCUT2D eigenvalue weighted by Crippen LogP contribution is 2.34. The molecule has 0 radical (unpaired) electrons. The molecular weight excluding hydrogens is 622 g/mol. The van der Waals surface area contributed by atoms with Crippen LogP contribution in [0.2, 0.25) is 0 Å². The van der Waals surface area contributed by atoms with Crippen molar-refractivity contribution in [1.29, 1.82) is 5.41 Å². The molecule has 3 atom stereocenters. The molecule has 0 unspecified atom stereocenters. The van der Waals surface area contributed by atoms with Crippen molar-refractivity contribution in [2.75, 3.05) is 26.2 Å². The first-order chi connectivity index (χ1) is 21.9. The third-order valence-electron chi connectivity index (χ3n) is 8.07. The van der Waals surface area contributed by atoms with Gasteiger partial charge in [0, 0.05) is 61.4 Å². The number of amides is 1. The number of hydrogen-bond acceptors (Lipinski definition) is 5. The van der Waals surface area contributed by atoms with Crippen molar-refractivity contribution in [2.24, 2.45) is 5.92 Å². The van der Waals surface area contributed by atoms with E-state index in [9.17, 15) is 26.4 Å². The van der Waals surface area contributed by atoms with E-state index < -0.39 is 57.3 Å².